The maximum atomic E-state index is 6.63. The van der Waals surface area contributed by atoms with Crippen molar-refractivity contribution in [3.8, 4) is 56.5 Å². The molecular formula is C47H28N2OS. The molecule has 11 rings (SSSR count). The number of thiophene rings is 1. The number of para-hydroxylation sites is 2. The van der Waals surface area contributed by atoms with Crippen LogP contribution >= 0.6 is 11.3 Å². The summed E-state index contributed by atoms with van der Waals surface area (Å²) in [5, 5.41) is 2.60. The van der Waals surface area contributed by atoms with E-state index in [0.717, 1.165) is 50.7 Å². The monoisotopic (exact) mass is 668 g/mol. The molecule has 238 valence electrons. The van der Waals surface area contributed by atoms with Crippen LogP contribution in [0.25, 0.3) is 65.2 Å². The predicted molar refractivity (Wildman–Crippen MR) is 209 cm³/mol. The van der Waals surface area contributed by atoms with Crippen LogP contribution in [0.2, 0.25) is 0 Å². The van der Waals surface area contributed by atoms with Crippen LogP contribution in [0, 0.1) is 0 Å². The molecule has 2 aromatic heterocycles. The molecule has 0 saturated carbocycles. The number of nitrogens with zero attached hydrogens (tertiary/aromatic N) is 2. The largest absolute Gasteiger partial charge is 0.457 e. The van der Waals surface area contributed by atoms with Gasteiger partial charge in [0.2, 0.25) is 0 Å². The van der Waals surface area contributed by atoms with Crippen molar-refractivity contribution in [2.45, 2.75) is 5.41 Å². The Labute approximate surface area is 299 Å². The molecule has 3 heterocycles. The van der Waals surface area contributed by atoms with Gasteiger partial charge in [0.15, 0.2) is 5.82 Å². The van der Waals surface area contributed by atoms with Crippen molar-refractivity contribution in [2.24, 2.45) is 0 Å². The molecule has 3 nitrogen and oxygen atoms in total. The lowest BCUT2D eigenvalue weighted by Crippen LogP contribution is -2.32. The van der Waals surface area contributed by atoms with Crippen LogP contribution in [0.1, 0.15) is 22.3 Å². The molecule has 0 unspecified atom stereocenters. The molecule has 9 aromatic rings. The zero-order chi connectivity index (χ0) is 33.5. The Morgan fingerprint density at radius 3 is 1.80 bits per heavy atom. The number of rotatable bonds is 3. The minimum atomic E-state index is -0.554. The van der Waals surface area contributed by atoms with E-state index < -0.39 is 5.41 Å². The topological polar surface area (TPSA) is 35.0 Å². The molecule has 7 aromatic carbocycles. The molecule has 0 N–H and O–H groups in total. The van der Waals surface area contributed by atoms with Gasteiger partial charge in [0.25, 0.3) is 0 Å². The fourth-order valence-electron chi connectivity index (χ4n) is 8.43. The maximum Gasteiger partial charge on any atom is 0.160 e. The fraction of sp³-hybridized carbons (Fsp3) is 0.0213. The van der Waals surface area contributed by atoms with Gasteiger partial charge in [0, 0.05) is 48.0 Å². The van der Waals surface area contributed by atoms with Gasteiger partial charge in [-0.1, -0.05) is 133 Å². The quantitative estimate of drug-likeness (QED) is 0.188. The van der Waals surface area contributed by atoms with E-state index >= 15 is 0 Å². The number of fused-ring (bicyclic) bond motifs is 13. The van der Waals surface area contributed by atoms with E-state index in [1.165, 1.54) is 42.4 Å². The van der Waals surface area contributed by atoms with Gasteiger partial charge in [-0.25, -0.2) is 9.97 Å². The van der Waals surface area contributed by atoms with Crippen molar-refractivity contribution in [3.05, 3.63) is 192 Å². The third-order valence-corrected chi connectivity index (χ3v) is 11.7. The molecule has 2 aliphatic rings. The Morgan fingerprint density at radius 1 is 0.451 bits per heavy atom. The second-order valence-corrected chi connectivity index (χ2v) is 14.3. The number of aromatic nitrogens is 2. The lowest BCUT2D eigenvalue weighted by molar-refractivity contribution is 0.436. The van der Waals surface area contributed by atoms with Gasteiger partial charge in [0.05, 0.1) is 16.8 Å². The number of hydrogen-bond acceptors (Lipinski definition) is 4. The molecule has 0 bridgehead atoms. The average Bonchev–Trinajstić information content (AvgIpc) is 3.72. The Bertz CT molecular complexity index is 2740. The second kappa shape index (κ2) is 10.8. The van der Waals surface area contributed by atoms with E-state index in [1.54, 1.807) is 0 Å². The zero-order valence-electron chi connectivity index (χ0n) is 27.4. The third-order valence-electron chi connectivity index (χ3n) is 10.6. The molecule has 1 aliphatic carbocycles. The summed E-state index contributed by atoms with van der Waals surface area (Å²) in [5.41, 5.74) is 11.7. The first-order valence-corrected chi connectivity index (χ1v) is 18.1. The van der Waals surface area contributed by atoms with E-state index in [4.69, 9.17) is 14.7 Å². The first kappa shape index (κ1) is 28.5. The summed E-state index contributed by atoms with van der Waals surface area (Å²) in [7, 11) is 0. The smallest absolute Gasteiger partial charge is 0.160 e. The van der Waals surface area contributed by atoms with Gasteiger partial charge in [-0.2, -0.15) is 0 Å². The second-order valence-electron chi connectivity index (χ2n) is 13.3. The molecule has 0 fully saturated rings. The van der Waals surface area contributed by atoms with Crippen molar-refractivity contribution in [1.82, 2.24) is 9.97 Å². The van der Waals surface area contributed by atoms with Gasteiger partial charge in [-0.05, 0) is 58.7 Å². The Kier molecular flexibility index (Phi) is 6.04. The van der Waals surface area contributed by atoms with Gasteiger partial charge in [0.1, 0.15) is 11.5 Å². The Hall–Kier alpha value is -6.36. The van der Waals surface area contributed by atoms with Crippen molar-refractivity contribution in [1.29, 1.82) is 0 Å². The van der Waals surface area contributed by atoms with Crippen molar-refractivity contribution >= 4 is 31.5 Å². The minimum Gasteiger partial charge on any atom is -0.457 e. The summed E-state index contributed by atoms with van der Waals surface area (Å²) in [6, 6.07) is 60.4. The molecule has 0 atom stereocenters. The summed E-state index contributed by atoms with van der Waals surface area (Å²) in [5.74, 6) is 2.50. The molecule has 0 radical (unpaired) electrons. The van der Waals surface area contributed by atoms with Gasteiger partial charge in [-0.3, -0.25) is 0 Å². The number of benzene rings is 7. The summed E-state index contributed by atoms with van der Waals surface area (Å²) < 4.78 is 9.21. The highest BCUT2D eigenvalue weighted by Crippen LogP contribution is 2.64. The number of hydrogen-bond donors (Lipinski definition) is 0. The predicted octanol–water partition coefficient (Wildman–Crippen LogP) is 12.3. The normalized spacial score (nSPS) is 13.4. The van der Waals surface area contributed by atoms with Gasteiger partial charge < -0.3 is 4.74 Å². The average molecular weight is 669 g/mol. The van der Waals surface area contributed by atoms with Crippen LogP contribution < -0.4 is 4.74 Å². The first-order valence-electron chi connectivity index (χ1n) is 17.2. The van der Waals surface area contributed by atoms with Crippen LogP contribution in [0.15, 0.2) is 170 Å². The van der Waals surface area contributed by atoms with E-state index in [0.29, 0.717) is 5.82 Å². The zero-order valence-corrected chi connectivity index (χ0v) is 28.2. The van der Waals surface area contributed by atoms with Crippen molar-refractivity contribution < 1.29 is 4.74 Å². The highest BCUT2D eigenvalue weighted by atomic mass is 32.1. The molecule has 51 heavy (non-hydrogen) atoms. The first-order chi connectivity index (χ1) is 25.3. The van der Waals surface area contributed by atoms with E-state index in [-0.39, 0.29) is 0 Å². The van der Waals surface area contributed by atoms with Crippen molar-refractivity contribution in [3.63, 3.8) is 0 Å². The highest BCUT2D eigenvalue weighted by molar-refractivity contribution is 7.26. The molecule has 1 spiro atoms. The maximum absolute atomic E-state index is 6.63. The molecule has 0 saturated heterocycles. The standard InChI is InChI=1S/C47H28N2OS/c1-3-13-29(14-4-1)38-28-39(49-46(48-38)30-15-5-2-6-16-30)31-23-24-34-33(27-31)44-37(25-26-43-45(44)32-17-7-12-22-42(32)51-43)47(34)35-18-8-10-20-40(35)50-41-21-11-9-19-36(41)47/h1-28H. The Morgan fingerprint density at radius 2 is 1.06 bits per heavy atom. The SMILES string of the molecule is c1ccc(-c2cc(-c3ccc4c(c3)-c3c(ccc5sc6ccccc6c35)C43c4ccccc4Oc4ccccc43)nc(-c3ccccc3)n2)cc1. The number of ether oxygens (including phenoxy) is 1. The molecule has 1 aliphatic heterocycles. The van der Waals surface area contributed by atoms with Crippen LogP contribution in [-0.2, 0) is 5.41 Å². The fourth-order valence-corrected chi connectivity index (χ4v) is 9.55. The van der Waals surface area contributed by atoms with Gasteiger partial charge >= 0.3 is 0 Å². The summed E-state index contributed by atoms with van der Waals surface area (Å²) in [6.07, 6.45) is 0. The van der Waals surface area contributed by atoms with E-state index in [1.807, 2.05) is 35.6 Å². The third kappa shape index (κ3) is 4.05. The summed E-state index contributed by atoms with van der Waals surface area (Å²) >= 11 is 1.86. The van der Waals surface area contributed by atoms with Crippen LogP contribution in [-0.4, -0.2) is 9.97 Å². The summed E-state index contributed by atoms with van der Waals surface area (Å²) in [4.78, 5) is 10.3. The lowest BCUT2D eigenvalue weighted by Gasteiger charge is -2.39. The van der Waals surface area contributed by atoms with Gasteiger partial charge in [-0.15, -0.1) is 11.3 Å². The Balaban J connectivity index is 1.24. The minimum absolute atomic E-state index is 0.554. The van der Waals surface area contributed by atoms with Crippen LogP contribution in [0.5, 0.6) is 11.5 Å². The van der Waals surface area contributed by atoms with E-state index in [2.05, 4.69) is 146 Å². The van der Waals surface area contributed by atoms with Crippen LogP contribution in [0.3, 0.4) is 0 Å². The highest BCUT2D eigenvalue weighted by Gasteiger charge is 2.51. The lowest BCUT2D eigenvalue weighted by atomic mass is 9.66. The van der Waals surface area contributed by atoms with E-state index in [9.17, 15) is 0 Å². The molecule has 0 amide bonds. The van der Waals surface area contributed by atoms with Crippen LogP contribution in [0.4, 0.5) is 0 Å². The molecule has 4 heteroatoms. The van der Waals surface area contributed by atoms with Crippen molar-refractivity contribution in [2.75, 3.05) is 0 Å². The summed E-state index contributed by atoms with van der Waals surface area (Å²) in [6.45, 7) is 0. The molecular weight excluding hydrogens is 641 g/mol.